The number of carbonyl (C=O) groups is 2. The maximum absolute atomic E-state index is 12.1. The van der Waals surface area contributed by atoms with Crippen LogP contribution in [0.4, 0.5) is 0 Å². The minimum absolute atomic E-state index is 0.0124. The average Bonchev–Trinajstić information content (AvgIpc) is 3.31. The zero-order chi connectivity index (χ0) is 16.8. The van der Waals surface area contributed by atoms with Crippen molar-refractivity contribution in [3.63, 3.8) is 0 Å². The topological polar surface area (TPSA) is 61.4 Å². The fraction of sp³-hybridized carbons (Fsp3) is 0.529. The highest BCUT2D eigenvalue weighted by atomic mass is 35.5. The normalized spacial score (nSPS) is 19.5. The van der Waals surface area contributed by atoms with Crippen LogP contribution >= 0.6 is 11.6 Å². The van der Waals surface area contributed by atoms with Gasteiger partial charge in [0.25, 0.3) is 0 Å². The Morgan fingerprint density at radius 3 is 2.48 bits per heavy atom. The monoisotopic (exact) mass is 337 g/mol. The lowest BCUT2D eigenvalue weighted by Gasteiger charge is -2.10. The summed E-state index contributed by atoms with van der Waals surface area (Å²) in [5, 5.41) is 6.40. The zero-order valence-electron chi connectivity index (χ0n) is 13.6. The third-order valence-electron chi connectivity index (χ3n) is 3.96. The second kappa shape index (κ2) is 8.31. The summed E-state index contributed by atoms with van der Waals surface area (Å²) in [5.41, 5.74) is 0.882. The van der Waals surface area contributed by atoms with Crippen LogP contribution in [0.3, 0.4) is 0 Å². The van der Waals surface area contributed by atoms with E-state index < -0.39 is 0 Å². The van der Waals surface area contributed by atoms with Gasteiger partial charge in [0, 0.05) is 18.1 Å². The Morgan fingerprint density at radius 1 is 1.17 bits per heavy atom. The molecule has 1 aliphatic rings. The van der Waals surface area contributed by atoms with Gasteiger partial charge in [0.05, 0.1) is 11.8 Å². The van der Waals surface area contributed by atoms with Crippen molar-refractivity contribution in [2.24, 2.45) is 11.8 Å². The molecule has 0 radical (unpaired) electrons. The van der Waals surface area contributed by atoms with E-state index in [1.165, 1.54) is 0 Å². The van der Waals surface area contributed by atoms with E-state index in [9.17, 15) is 9.59 Å². The van der Waals surface area contributed by atoms with E-state index in [-0.39, 0.29) is 23.7 Å². The van der Waals surface area contributed by atoms with Crippen LogP contribution in [0.5, 0.6) is 0 Å². The number of hydrogen-bond acceptors (Lipinski definition) is 3. The smallest absolute Gasteiger partial charge is 0.224 e. The number of hydrogen-bond donors (Lipinski definition) is 2. The maximum Gasteiger partial charge on any atom is 0.224 e. The van der Waals surface area contributed by atoms with Gasteiger partial charge in [-0.3, -0.25) is 9.59 Å². The van der Waals surface area contributed by atoms with E-state index in [0.29, 0.717) is 24.5 Å². The van der Waals surface area contributed by atoms with Crippen LogP contribution in [0.15, 0.2) is 24.3 Å². The highest BCUT2D eigenvalue weighted by Gasteiger charge is 2.47. The molecule has 2 atom stereocenters. The lowest BCUT2D eigenvalue weighted by atomic mass is 10.2. The van der Waals surface area contributed by atoms with Gasteiger partial charge in [-0.15, -0.1) is 0 Å². The third-order valence-corrected chi connectivity index (χ3v) is 4.32. The van der Waals surface area contributed by atoms with Crippen LogP contribution in [0.2, 0.25) is 5.02 Å². The zero-order valence-corrected chi connectivity index (χ0v) is 14.4. The molecule has 1 aromatic carbocycles. The van der Waals surface area contributed by atoms with Crippen molar-refractivity contribution in [2.75, 3.05) is 27.2 Å². The third kappa shape index (κ3) is 5.52. The molecule has 0 aliphatic heterocycles. The Morgan fingerprint density at radius 2 is 1.83 bits per heavy atom. The predicted octanol–water partition coefficient (Wildman–Crippen LogP) is 1.66. The second-order valence-corrected chi connectivity index (χ2v) is 6.61. The molecule has 1 aliphatic carbocycles. The molecular weight excluding hydrogens is 314 g/mol. The van der Waals surface area contributed by atoms with Crippen molar-refractivity contribution in [3.8, 4) is 0 Å². The Balaban J connectivity index is 1.68. The van der Waals surface area contributed by atoms with Gasteiger partial charge in [-0.2, -0.15) is 0 Å². The molecule has 5 nitrogen and oxygen atoms in total. The Kier molecular flexibility index (Phi) is 6.42. The molecule has 0 saturated heterocycles. The van der Waals surface area contributed by atoms with Crippen molar-refractivity contribution in [1.29, 1.82) is 0 Å². The van der Waals surface area contributed by atoms with E-state index >= 15 is 0 Å². The van der Waals surface area contributed by atoms with E-state index in [2.05, 4.69) is 15.5 Å². The number of halogens is 1. The van der Waals surface area contributed by atoms with Crippen molar-refractivity contribution in [3.05, 3.63) is 34.9 Å². The number of amides is 2. The average molecular weight is 338 g/mol. The van der Waals surface area contributed by atoms with Crippen LogP contribution in [-0.2, 0) is 16.1 Å². The summed E-state index contributed by atoms with van der Waals surface area (Å²) in [4.78, 5) is 26.1. The molecule has 0 bridgehead atoms. The molecular formula is C17H24ClN3O2. The first-order valence-corrected chi connectivity index (χ1v) is 8.30. The SMILES string of the molecule is CN(C)CCCNC(=O)C1CC1C(=O)NCc1ccccc1Cl. The lowest BCUT2D eigenvalue weighted by molar-refractivity contribution is -0.127. The molecule has 2 N–H and O–H groups in total. The number of rotatable bonds is 8. The first-order valence-electron chi connectivity index (χ1n) is 7.92. The Bertz CT molecular complexity index is 563. The van der Waals surface area contributed by atoms with E-state index in [0.717, 1.165) is 18.5 Å². The quantitative estimate of drug-likeness (QED) is 0.709. The van der Waals surface area contributed by atoms with Crippen molar-refractivity contribution >= 4 is 23.4 Å². The molecule has 2 amide bonds. The van der Waals surface area contributed by atoms with Crippen LogP contribution in [0.25, 0.3) is 0 Å². The van der Waals surface area contributed by atoms with Gasteiger partial charge in [0.15, 0.2) is 0 Å². The predicted molar refractivity (Wildman–Crippen MR) is 91.1 cm³/mol. The summed E-state index contributed by atoms with van der Waals surface area (Å²) in [6, 6.07) is 7.41. The Hall–Kier alpha value is -1.59. The summed E-state index contributed by atoms with van der Waals surface area (Å²) in [7, 11) is 4.00. The van der Waals surface area contributed by atoms with Gasteiger partial charge in [0.1, 0.15) is 0 Å². The number of benzene rings is 1. The fourth-order valence-electron chi connectivity index (χ4n) is 2.47. The van der Waals surface area contributed by atoms with E-state index in [1.54, 1.807) is 6.07 Å². The minimum Gasteiger partial charge on any atom is -0.356 e. The molecule has 2 rings (SSSR count). The van der Waals surface area contributed by atoms with Gasteiger partial charge >= 0.3 is 0 Å². The van der Waals surface area contributed by atoms with Crippen LogP contribution in [0, 0.1) is 11.8 Å². The molecule has 0 aromatic heterocycles. The highest BCUT2D eigenvalue weighted by Crippen LogP contribution is 2.38. The Labute approximate surface area is 142 Å². The first kappa shape index (κ1) is 17.8. The van der Waals surface area contributed by atoms with Crippen LogP contribution in [0.1, 0.15) is 18.4 Å². The molecule has 126 valence electrons. The molecule has 6 heteroatoms. The highest BCUT2D eigenvalue weighted by molar-refractivity contribution is 6.31. The molecule has 1 aromatic rings. The van der Waals surface area contributed by atoms with Gasteiger partial charge < -0.3 is 15.5 Å². The summed E-state index contributed by atoms with van der Waals surface area (Å²) in [6.45, 7) is 1.99. The van der Waals surface area contributed by atoms with Gasteiger partial charge in [0.2, 0.25) is 11.8 Å². The molecule has 1 fully saturated rings. The number of carbonyl (C=O) groups excluding carboxylic acids is 2. The first-order chi connectivity index (χ1) is 11.0. The molecule has 0 heterocycles. The maximum atomic E-state index is 12.1. The molecule has 0 spiro atoms. The van der Waals surface area contributed by atoms with E-state index in [4.69, 9.17) is 11.6 Å². The molecule has 2 unspecified atom stereocenters. The molecule has 23 heavy (non-hydrogen) atoms. The summed E-state index contributed by atoms with van der Waals surface area (Å²) in [5.74, 6) is -0.466. The van der Waals surface area contributed by atoms with Gasteiger partial charge in [-0.25, -0.2) is 0 Å². The summed E-state index contributed by atoms with van der Waals surface area (Å²) >= 11 is 6.06. The minimum atomic E-state index is -0.202. The number of nitrogens with one attached hydrogen (secondary N) is 2. The second-order valence-electron chi connectivity index (χ2n) is 6.21. The fourth-order valence-corrected chi connectivity index (χ4v) is 2.67. The summed E-state index contributed by atoms with van der Waals surface area (Å²) < 4.78 is 0. The molecule has 1 saturated carbocycles. The van der Waals surface area contributed by atoms with Gasteiger partial charge in [-0.05, 0) is 45.1 Å². The van der Waals surface area contributed by atoms with Crippen molar-refractivity contribution in [1.82, 2.24) is 15.5 Å². The largest absolute Gasteiger partial charge is 0.356 e. The van der Waals surface area contributed by atoms with Crippen molar-refractivity contribution < 1.29 is 9.59 Å². The van der Waals surface area contributed by atoms with Gasteiger partial charge in [-0.1, -0.05) is 29.8 Å². The van der Waals surface area contributed by atoms with E-state index in [1.807, 2.05) is 32.3 Å². The number of nitrogens with zero attached hydrogens (tertiary/aromatic N) is 1. The lowest BCUT2D eigenvalue weighted by Crippen LogP contribution is -2.31. The van der Waals surface area contributed by atoms with Crippen molar-refractivity contribution in [2.45, 2.75) is 19.4 Å². The summed E-state index contributed by atoms with van der Waals surface area (Å²) in [6.07, 6.45) is 1.54. The standard InChI is InChI=1S/C17H24ClN3O2/c1-21(2)9-5-8-19-16(22)13-10-14(13)17(23)20-11-12-6-3-4-7-15(12)18/h3-4,6-7,13-14H,5,8-11H2,1-2H3,(H,19,22)(H,20,23). The van der Waals surface area contributed by atoms with Crippen LogP contribution in [-0.4, -0.2) is 43.9 Å². The van der Waals surface area contributed by atoms with Crippen LogP contribution < -0.4 is 10.6 Å².